The summed E-state index contributed by atoms with van der Waals surface area (Å²) in [6.45, 7) is 7.85. The first-order valence-electron chi connectivity index (χ1n) is 8.67. The van der Waals surface area contributed by atoms with Crippen molar-refractivity contribution in [3.05, 3.63) is 52.6 Å². The van der Waals surface area contributed by atoms with Crippen molar-refractivity contribution < 1.29 is 9.18 Å². The molecule has 1 aromatic heterocycles. The number of carbonyl (C=O) groups excluding carboxylic acids is 1. The van der Waals surface area contributed by atoms with Crippen LogP contribution in [0.15, 0.2) is 24.3 Å². The van der Waals surface area contributed by atoms with Crippen molar-refractivity contribution in [1.82, 2.24) is 20.0 Å². The number of benzene rings is 1. The zero-order chi connectivity index (χ0) is 18.1. The van der Waals surface area contributed by atoms with E-state index in [4.69, 9.17) is 0 Å². The first-order chi connectivity index (χ1) is 11.9. The fraction of sp³-hybridized carbons (Fsp3) is 0.474. The highest BCUT2D eigenvalue weighted by molar-refractivity contribution is 5.86. The fourth-order valence-electron chi connectivity index (χ4n) is 3.77. The van der Waals surface area contributed by atoms with Gasteiger partial charge in [-0.15, -0.1) is 24.8 Å². The Bertz CT molecular complexity index is 796. The molecular formula is C19H27Cl2FN4O. The molecule has 0 saturated carbocycles. The maximum atomic E-state index is 13.6. The highest BCUT2D eigenvalue weighted by atomic mass is 35.5. The summed E-state index contributed by atoms with van der Waals surface area (Å²) in [5.74, 6) is -0.486. The van der Waals surface area contributed by atoms with Crippen LogP contribution in [0.3, 0.4) is 0 Å². The smallest absolute Gasteiger partial charge is 0.230 e. The molecular weight excluding hydrogens is 390 g/mol. The normalized spacial score (nSPS) is 17.7. The Morgan fingerprint density at radius 1 is 1.33 bits per heavy atom. The summed E-state index contributed by atoms with van der Waals surface area (Å²) in [5, 5.41) is 7.74. The first kappa shape index (κ1) is 23.4. The quantitative estimate of drug-likeness (QED) is 0.834. The molecule has 0 spiro atoms. The number of aromatic nitrogens is 2. The van der Waals surface area contributed by atoms with Gasteiger partial charge < -0.3 is 10.2 Å². The van der Waals surface area contributed by atoms with Gasteiger partial charge in [0.1, 0.15) is 5.82 Å². The maximum Gasteiger partial charge on any atom is 0.230 e. The summed E-state index contributed by atoms with van der Waals surface area (Å²) in [4.78, 5) is 15.1. The van der Waals surface area contributed by atoms with Gasteiger partial charge in [0.15, 0.2) is 0 Å². The minimum atomic E-state index is -0.275. The minimum absolute atomic E-state index is 0. The van der Waals surface area contributed by atoms with Crippen LogP contribution < -0.4 is 5.32 Å². The van der Waals surface area contributed by atoms with Crippen LogP contribution in [0.25, 0.3) is 0 Å². The molecule has 1 aliphatic heterocycles. The first-order valence-corrected chi connectivity index (χ1v) is 8.67. The summed E-state index contributed by atoms with van der Waals surface area (Å²) < 4.78 is 15.5. The van der Waals surface area contributed by atoms with Gasteiger partial charge in [-0.2, -0.15) is 5.10 Å². The van der Waals surface area contributed by atoms with E-state index in [1.807, 2.05) is 43.5 Å². The van der Waals surface area contributed by atoms with Gasteiger partial charge in [0.25, 0.3) is 0 Å². The lowest BCUT2D eigenvalue weighted by Crippen LogP contribution is -2.50. The Kier molecular flexibility index (Phi) is 8.26. The highest BCUT2D eigenvalue weighted by Crippen LogP contribution is 2.30. The van der Waals surface area contributed by atoms with Crippen LogP contribution in [0, 0.1) is 19.7 Å². The van der Waals surface area contributed by atoms with Crippen LogP contribution in [-0.2, 0) is 11.8 Å². The third-order valence-corrected chi connectivity index (χ3v) is 5.13. The lowest BCUT2D eigenvalue weighted by atomic mass is 9.95. The minimum Gasteiger partial charge on any atom is -0.333 e. The Hall–Kier alpha value is -1.63. The SMILES string of the molecule is Cc1nn(C)c(C)c1C(C)C(=O)N1CCNCC1c1cccc(F)c1.Cl.Cl. The molecule has 2 heterocycles. The van der Waals surface area contributed by atoms with Crippen molar-refractivity contribution in [2.75, 3.05) is 19.6 Å². The number of nitrogens with one attached hydrogen (secondary N) is 1. The molecule has 0 bridgehead atoms. The van der Waals surface area contributed by atoms with E-state index in [2.05, 4.69) is 10.4 Å². The number of hydrogen-bond acceptors (Lipinski definition) is 3. The van der Waals surface area contributed by atoms with Crippen LogP contribution >= 0.6 is 24.8 Å². The van der Waals surface area contributed by atoms with E-state index in [1.54, 1.807) is 6.07 Å². The molecule has 2 aromatic rings. The lowest BCUT2D eigenvalue weighted by molar-refractivity contribution is -0.135. The van der Waals surface area contributed by atoms with Gasteiger partial charge >= 0.3 is 0 Å². The second-order valence-corrected chi connectivity index (χ2v) is 6.74. The number of aryl methyl sites for hydroxylation is 2. The molecule has 1 aromatic carbocycles. The van der Waals surface area contributed by atoms with Crippen LogP contribution in [0.4, 0.5) is 4.39 Å². The van der Waals surface area contributed by atoms with Crippen molar-refractivity contribution in [3.63, 3.8) is 0 Å². The van der Waals surface area contributed by atoms with Crippen molar-refractivity contribution in [3.8, 4) is 0 Å². The van der Waals surface area contributed by atoms with E-state index < -0.39 is 0 Å². The number of piperazine rings is 1. The zero-order valence-corrected chi connectivity index (χ0v) is 17.7. The number of hydrogen-bond donors (Lipinski definition) is 1. The van der Waals surface area contributed by atoms with Crippen LogP contribution in [0.5, 0.6) is 0 Å². The topological polar surface area (TPSA) is 50.2 Å². The van der Waals surface area contributed by atoms with Gasteiger partial charge in [-0.1, -0.05) is 12.1 Å². The Morgan fingerprint density at radius 3 is 2.63 bits per heavy atom. The largest absolute Gasteiger partial charge is 0.333 e. The van der Waals surface area contributed by atoms with E-state index in [0.29, 0.717) is 13.1 Å². The Labute approximate surface area is 172 Å². The molecule has 27 heavy (non-hydrogen) atoms. The molecule has 150 valence electrons. The van der Waals surface area contributed by atoms with E-state index in [-0.39, 0.29) is 48.5 Å². The van der Waals surface area contributed by atoms with Crippen molar-refractivity contribution in [2.45, 2.75) is 32.7 Å². The van der Waals surface area contributed by atoms with E-state index in [1.165, 1.54) is 12.1 Å². The predicted octanol–water partition coefficient (Wildman–Crippen LogP) is 3.30. The van der Waals surface area contributed by atoms with Crippen molar-refractivity contribution >= 4 is 30.7 Å². The fourth-order valence-corrected chi connectivity index (χ4v) is 3.77. The van der Waals surface area contributed by atoms with Crippen LogP contribution in [0.1, 0.15) is 41.4 Å². The molecule has 1 N–H and O–H groups in total. The van der Waals surface area contributed by atoms with Gasteiger partial charge in [-0.3, -0.25) is 9.48 Å². The van der Waals surface area contributed by atoms with Crippen LogP contribution in [-0.4, -0.2) is 40.2 Å². The van der Waals surface area contributed by atoms with E-state index >= 15 is 0 Å². The maximum absolute atomic E-state index is 13.6. The third kappa shape index (κ3) is 4.62. The summed E-state index contributed by atoms with van der Waals surface area (Å²) in [6.07, 6.45) is 0. The molecule has 5 nitrogen and oxygen atoms in total. The summed E-state index contributed by atoms with van der Waals surface area (Å²) in [7, 11) is 1.89. The Balaban J connectivity index is 0.00000182. The number of amides is 1. The van der Waals surface area contributed by atoms with Gasteiger partial charge in [0, 0.05) is 37.9 Å². The number of rotatable bonds is 3. The third-order valence-electron chi connectivity index (χ3n) is 5.13. The zero-order valence-electron chi connectivity index (χ0n) is 16.0. The van der Waals surface area contributed by atoms with E-state index in [9.17, 15) is 9.18 Å². The van der Waals surface area contributed by atoms with Gasteiger partial charge in [-0.05, 0) is 38.5 Å². The van der Waals surface area contributed by atoms with Crippen molar-refractivity contribution in [1.29, 1.82) is 0 Å². The number of nitrogens with zero attached hydrogens (tertiary/aromatic N) is 3. The average Bonchev–Trinajstić information content (AvgIpc) is 2.86. The molecule has 1 amide bonds. The molecule has 0 aliphatic carbocycles. The molecule has 1 saturated heterocycles. The molecule has 1 aliphatic rings. The summed E-state index contributed by atoms with van der Waals surface area (Å²) in [6, 6.07) is 6.37. The van der Waals surface area contributed by atoms with Crippen molar-refractivity contribution in [2.24, 2.45) is 7.05 Å². The summed E-state index contributed by atoms with van der Waals surface area (Å²) in [5.41, 5.74) is 3.71. The molecule has 3 rings (SSSR count). The molecule has 2 atom stereocenters. The van der Waals surface area contributed by atoms with Gasteiger partial charge in [0.05, 0.1) is 17.7 Å². The monoisotopic (exact) mass is 416 g/mol. The lowest BCUT2D eigenvalue weighted by Gasteiger charge is -2.38. The van der Waals surface area contributed by atoms with Gasteiger partial charge in [0.2, 0.25) is 5.91 Å². The average molecular weight is 417 g/mol. The molecule has 8 heteroatoms. The Morgan fingerprint density at radius 2 is 2.04 bits per heavy atom. The number of carbonyl (C=O) groups is 1. The van der Waals surface area contributed by atoms with E-state index in [0.717, 1.165) is 29.1 Å². The van der Waals surface area contributed by atoms with Crippen LogP contribution in [0.2, 0.25) is 0 Å². The summed E-state index contributed by atoms with van der Waals surface area (Å²) >= 11 is 0. The highest BCUT2D eigenvalue weighted by Gasteiger charge is 2.33. The second-order valence-electron chi connectivity index (χ2n) is 6.74. The molecule has 1 fully saturated rings. The molecule has 2 unspecified atom stereocenters. The van der Waals surface area contributed by atoms with Gasteiger partial charge in [-0.25, -0.2) is 4.39 Å². The number of halogens is 3. The second kappa shape index (κ2) is 9.53. The predicted molar refractivity (Wildman–Crippen MR) is 109 cm³/mol. The molecule has 0 radical (unpaired) electrons. The standard InChI is InChI=1S/C19H25FN4O.2ClH/c1-12(18-13(2)22-23(4)14(18)3)19(25)24-9-8-21-11-17(24)15-6-5-7-16(20)10-15;;/h5-7,10,12,17,21H,8-9,11H2,1-4H3;2*1H.